The average molecular weight is 350 g/mol. The molecule has 4 nitrogen and oxygen atoms in total. The van der Waals surface area contributed by atoms with Gasteiger partial charge in [-0.05, 0) is 33.1 Å². The molecular weight excluding hydrogens is 322 g/mol. The molecule has 1 fully saturated rings. The van der Waals surface area contributed by atoms with E-state index in [0.717, 1.165) is 20.0 Å². The Kier molecular flexibility index (Phi) is 5.36. The first-order valence-electron chi connectivity index (χ1n) is 7.89. The van der Waals surface area contributed by atoms with E-state index in [1.54, 1.807) is 20.8 Å². The van der Waals surface area contributed by atoms with Crippen LogP contribution in [0.25, 0.3) is 0 Å². The van der Waals surface area contributed by atoms with Gasteiger partial charge in [0.05, 0.1) is 7.11 Å². The molecule has 0 aromatic carbocycles. The zero-order valence-electron chi connectivity index (χ0n) is 15.1. The minimum atomic E-state index is -3.47. The summed E-state index contributed by atoms with van der Waals surface area (Å²) in [5.41, 5.74) is -6.99. The van der Waals surface area contributed by atoms with Gasteiger partial charge in [0.15, 0.2) is 0 Å². The van der Waals surface area contributed by atoms with Crippen LogP contribution >= 0.6 is 0 Å². The summed E-state index contributed by atoms with van der Waals surface area (Å²) < 4.78 is 40.6. The van der Waals surface area contributed by atoms with Crippen molar-refractivity contribution in [1.29, 1.82) is 0 Å². The highest BCUT2D eigenvalue weighted by molar-refractivity contribution is 6.79. The number of carbonyl (C=O) groups excluding carboxylic acids is 2. The smallest absolute Gasteiger partial charge is 0.329 e. The van der Waals surface area contributed by atoms with Crippen LogP contribution in [0.5, 0.6) is 0 Å². The lowest BCUT2D eigenvalue weighted by molar-refractivity contribution is -0.198. The minimum absolute atomic E-state index is 0.0659. The predicted octanol–water partition coefficient (Wildman–Crippen LogP) is 3.80. The highest BCUT2D eigenvalue weighted by Gasteiger charge is 2.72. The molecule has 134 valence electrons. The Labute approximate surface area is 137 Å². The highest BCUT2D eigenvalue weighted by atomic mass is 28.3. The molecule has 0 aromatic rings. The molecule has 23 heavy (non-hydrogen) atoms. The number of alkyl halides is 2. The molecule has 0 heterocycles. The van der Waals surface area contributed by atoms with Gasteiger partial charge in [0, 0.05) is 0 Å². The quantitative estimate of drug-likeness (QED) is 0.415. The first-order valence-corrected chi connectivity index (χ1v) is 11.4. The van der Waals surface area contributed by atoms with Crippen molar-refractivity contribution in [2.24, 2.45) is 11.3 Å². The summed E-state index contributed by atoms with van der Waals surface area (Å²) in [6.45, 7) is 9.12. The van der Waals surface area contributed by atoms with E-state index in [2.05, 4.69) is 4.74 Å². The minimum Gasteiger partial charge on any atom is -0.468 e. The Balaban J connectivity index is 3.47. The molecule has 0 saturated heterocycles. The van der Waals surface area contributed by atoms with Crippen molar-refractivity contribution in [1.82, 2.24) is 0 Å². The van der Waals surface area contributed by atoms with Gasteiger partial charge in [-0.1, -0.05) is 32.5 Å². The van der Waals surface area contributed by atoms with Crippen LogP contribution < -0.4 is 0 Å². The molecule has 0 spiro atoms. The zero-order chi connectivity index (χ0) is 18.3. The van der Waals surface area contributed by atoms with E-state index in [1.807, 2.05) is 0 Å². The van der Waals surface area contributed by atoms with E-state index in [0.29, 0.717) is 0 Å². The lowest BCUT2D eigenvalue weighted by Gasteiger charge is -2.43. The van der Waals surface area contributed by atoms with Gasteiger partial charge in [-0.25, -0.2) is 8.78 Å². The van der Waals surface area contributed by atoms with Crippen molar-refractivity contribution in [2.45, 2.75) is 70.8 Å². The molecular formula is C16H28F2O4Si. The number of esters is 2. The molecule has 1 unspecified atom stereocenters. The summed E-state index contributed by atoms with van der Waals surface area (Å²) in [7, 11) is -2.18. The summed E-state index contributed by atoms with van der Waals surface area (Å²) in [6, 6.07) is 0. The van der Waals surface area contributed by atoms with E-state index in [4.69, 9.17) is 4.74 Å². The summed E-state index contributed by atoms with van der Waals surface area (Å²) in [4.78, 5) is 25.2. The Bertz CT molecular complexity index is 475. The predicted molar refractivity (Wildman–Crippen MR) is 85.9 cm³/mol. The number of rotatable bonds is 6. The molecule has 7 heteroatoms. The van der Waals surface area contributed by atoms with E-state index >= 15 is 8.78 Å². The second kappa shape index (κ2) is 6.15. The van der Waals surface area contributed by atoms with Crippen LogP contribution in [0, 0.1) is 11.3 Å². The summed E-state index contributed by atoms with van der Waals surface area (Å²) in [6.07, 6.45) is 1.26. The second-order valence-corrected chi connectivity index (χ2v) is 13.5. The number of methoxy groups -OCH3 is 1. The fourth-order valence-corrected chi connectivity index (χ4v) is 4.16. The van der Waals surface area contributed by atoms with Crippen LogP contribution in [0.3, 0.4) is 0 Å². The van der Waals surface area contributed by atoms with Gasteiger partial charge in [-0.15, -0.1) is 0 Å². The molecule has 1 aliphatic rings. The van der Waals surface area contributed by atoms with Crippen molar-refractivity contribution in [3.63, 3.8) is 0 Å². The first-order chi connectivity index (χ1) is 10.2. The molecule has 0 amide bonds. The molecule has 1 aliphatic carbocycles. The lowest BCUT2D eigenvalue weighted by Crippen LogP contribution is -2.65. The Morgan fingerprint density at radius 3 is 1.87 bits per heavy atom. The van der Waals surface area contributed by atoms with E-state index in [9.17, 15) is 9.59 Å². The van der Waals surface area contributed by atoms with Crippen LogP contribution in [-0.4, -0.2) is 38.3 Å². The van der Waals surface area contributed by atoms with Crippen LogP contribution in [0.2, 0.25) is 19.6 Å². The molecule has 0 aliphatic heterocycles. The standard InChI is InChI=1S/C16H28F2O4Si/c1-14(2,3)22-13(20)15(12(19)21-4,10-11-8-9-11)16(17,18)23(5,6)7/h11H,8-10H2,1-7H3. The number of hydrogen-bond acceptors (Lipinski definition) is 4. The van der Waals surface area contributed by atoms with Gasteiger partial charge in [0.25, 0.3) is 5.55 Å². The molecule has 1 saturated carbocycles. The van der Waals surface area contributed by atoms with Gasteiger partial charge < -0.3 is 9.47 Å². The maximum Gasteiger partial charge on any atom is 0.329 e. The molecule has 1 rings (SSSR count). The van der Waals surface area contributed by atoms with E-state index in [-0.39, 0.29) is 12.3 Å². The fraction of sp³-hybridized carbons (Fsp3) is 0.875. The van der Waals surface area contributed by atoms with Crippen LogP contribution in [0.1, 0.15) is 40.0 Å². The Morgan fingerprint density at radius 1 is 1.09 bits per heavy atom. The fourth-order valence-electron chi connectivity index (χ4n) is 2.57. The molecule has 0 N–H and O–H groups in total. The second-order valence-electron chi connectivity index (χ2n) is 8.37. The summed E-state index contributed by atoms with van der Waals surface area (Å²) in [5, 5.41) is 0. The third kappa shape index (κ3) is 3.92. The van der Waals surface area contributed by atoms with Crippen molar-refractivity contribution < 1.29 is 27.8 Å². The molecule has 0 bridgehead atoms. The van der Waals surface area contributed by atoms with E-state index < -0.39 is 36.6 Å². The van der Waals surface area contributed by atoms with Gasteiger partial charge in [-0.2, -0.15) is 0 Å². The van der Waals surface area contributed by atoms with Gasteiger partial charge in [0.2, 0.25) is 5.41 Å². The number of halogens is 2. The highest BCUT2D eigenvalue weighted by Crippen LogP contribution is 2.53. The average Bonchev–Trinajstić information content (AvgIpc) is 3.14. The number of carbonyl (C=O) groups is 2. The van der Waals surface area contributed by atoms with Crippen LogP contribution in [0.4, 0.5) is 8.78 Å². The van der Waals surface area contributed by atoms with Crippen LogP contribution in [-0.2, 0) is 19.1 Å². The molecule has 0 aromatic heterocycles. The number of hydrogen-bond donors (Lipinski definition) is 0. The largest absolute Gasteiger partial charge is 0.468 e. The van der Waals surface area contributed by atoms with Crippen molar-refractivity contribution in [3.8, 4) is 0 Å². The van der Waals surface area contributed by atoms with Crippen LogP contribution in [0.15, 0.2) is 0 Å². The van der Waals surface area contributed by atoms with Gasteiger partial charge in [-0.3, -0.25) is 9.59 Å². The van der Waals surface area contributed by atoms with Gasteiger partial charge >= 0.3 is 11.9 Å². The normalized spacial score (nSPS) is 19.0. The third-order valence-corrected chi connectivity index (χ3v) is 6.36. The zero-order valence-corrected chi connectivity index (χ0v) is 16.1. The molecule has 0 radical (unpaired) electrons. The first kappa shape index (κ1) is 20.1. The monoisotopic (exact) mass is 350 g/mol. The topological polar surface area (TPSA) is 52.6 Å². The Hall–Kier alpha value is -0.983. The molecule has 1 atom stereocenters. The maximum absolute atomic E-state index is 15.4. The van der Waals surface area contributed by atoms with Gasteiger partial charge in [0.1, 0.15) is 13.7 Å². The SMILES string of the molecule is COC(=O)C(CC1CC1)(C(=O)OC(C)(C)C)C(F)(F)[Si](C)(C)C. The number of ether oxygens (including phenoxy) is 2. The summed E-state index contributed by atoms with van der Waals surface area (Å²) in [5.74, 6) is -2.42. The van der Waals surface area contributed by atoms with Crippen molar-refractivity contribution in [3.05, 3.63) is 0 Å². The lowest BCUT2D eigenvalue weighted by atomic mass is 9.81. The van der Waals surface area contributed by atoms with E-state index in [1.165, 1.54) is 19.6 Å². The van der Waals surface area contributed by atoms with Crippen molar-refractivity contribution >= 4 is 20.0 Å². The maximum atomic E-state index is 15.4. The van der Waals surface area contributed by atoms with Crippen molar-refractivity contribution in [2.75, 3.05) is 7.11 Å². The Morgan fingerprint density at radius 2 is 1.57 bits per heavy atom. The summed E-state index contributed by atoms with van der Waals surface area (Å²) >= 11 is 0. The third-order valence-electron chi connectivity index (χ3n) is 4.05.